The van der Waals surface area contributed by atoms with Gasteiger partial charge in [-0.1, -0.05) is 13.8 Å². The molecule has 1 aliphatic rings. The Kier molecular flexibility index (Phi) is 2.92. The lowest BCUT2D eigenvalue weighted by Crippen LogP contribution is -2.31. The van der Waals surface area contributed by atoms with E-state index in [0.29, 0.717) is 12.0 Å². The summed E-state index contributed by atoms with van der Waals surface area (Å²) in [5.74, 6) is 0.804. The van der Waals surface area contributed by atoms with Gasteiger partial charge in [-0.15, -0.1) is 0 Å². The summed E-state index contributed by atoms with van der Waals surface area (Å²) in [6, 6.07) is 0. The van der Waals surface area contributed by atoms with Crippen LogP contribution in [0.1, 0.15) is 38.9 Å². The van der Waals surface area contributed by atoms with Crippen LogP contribution >= 0.6 is 11.5 Å². The summed E-state index contributed by atoms with van der Waals surface area (Å²) in [6.07, 6.45) is 4.27. The van der Waals surface area contributed by atoms with Gasteiger partial charge in [-0.2, -0.15) is 4.37 Å². The number of hydrogen-bond acceptors (Lipinski definition) is 4. The molecular formula is C11H19N3OS. The largest absolute Gasteiger partial charge is 0.330 e. The van der Waals surface area contributed by atoms with Gasteiger partial charge in [0.05, 0.1) is 0 Å². The maximum Gasteiger partial charge on any atom is 0.323 e. The molecule has 1 atom stereocenters. The summed E-state index contributed by atoms with van der Waals surface area (Å²) < 4.78 is 4.14. The summed E-state index contributed by atoms with van der Waals surface area (Å²) in [7, 11) is 0. The molecule has 1 aliphatic carbocycles. The summed E-state index contributed by atoms with van der Waals surface area (Å²) in [6.45, 7) is 5.25. The van der Waals surface area contributed by atoms with E-state index < -0.39 is 0 Å². The van der Waals surface area contributed by atoms with Crippen molar-refractivity contribution in [3.05, 3.63) is 15.5 Å². The van der Waals surface area contributed by atoms with E-state index in [1.54, 1.807) is 0 Å². The molecule has 90 valence electrons. The standard InChI is InChI=1S/C11H19N3OS/c1-10(2)3-4-11(6-10,7-12)5-8-13-9(15)16-14-8/h3-7,12H2,1-2H3,(H,13,14,15). The molecule has 0 aliphatic heterocycles. The lowest BCUT2D eigenvalue weighted by atomic mass is 9.79. The second-order valence-electron chi connectivity index (χ2n) is 5.76. The molecule has 0 amide bonds. The molecule has 4 nitrogen and oxygen atoms in total. The molecule has 1 aromatic heterocycles. The highest BCUT2D eigenvalue weighted by Crippen LogP contribution is 2.49. The highest BCUT2D eigenvalue weighted by Gasteiger charge is 2.42. The molecule has 1 fully saturated rings. The molecule has 1 heterocycles. The van der Waals surface area contributed by atoms with Crippen molar-refractivity contribution in [3.8, 4) is 0 Å². The first kappa shape index (κ1) is 11.8. The zero-order valence-electron chi connectivity index (χ0n) is 9.88. The van der Waals surface area contributed by atoms with Gasteiger partial charge in [0.15, 0.2) is 0 Å². The quantitative estimate of drug-likeness (QED) is 0.843. The van der Waals surface area contributed by atoms with Crippen LogP contribution < -0.4 is 10.6 Å². The molecule has 0 spiro atoms. The summed E-state index contributed by atoms with van der Waals surface area (Å²) in [5.41, 5.74) is 6.44. The van der Waals surface area contributed by atoms with Gasteiger partial charge in [0.1, 0.15) is 5.82 Å². The van der Waals surface area contributed by atoms with Gasteiger partial charge in [0.25, 0.3) is 0 Å². The number of aromatic nitrogens is 2. The van der Waals surface area contributed by atoms with Crippen molar-refractivity contribution in [1.82, 2.24) is 9.36 Å². The molecule has 0 bridgehead atoms. The monoisotopic (exact) mass is 241 g/mol. The van der Waals surface area contributed by atoms with E-state index >= 15 is 0 Å². The Morgan fingerprint density at radius 1 is 1.50 bits per heavy atom. The van der Waals surface area contributed by atoms with Crippen molar-refractivity contribution in [2.45, 2.75) is 39.5 Å². The molecule has 16 heavy (non-hydrogen) atoms. The fourth-order valence-corrected chi connectivity index (χ4v) is 3.35. The first-order valence-corrected chi connectivity index (χ1v) is 6.47. The van der Waals surface area contributed by atoms with E-state index in [1.807, 2.05) is 0 Å². The predicted octanol–water partition coefficient (Wildman–Crippen LogP) is 1.53. The van der Waals surface area contributed by atoms with Gasteiger partial charge in [-0.25, -0.2) is 0 Å². The molecule has 1 saturated carbocycles. The number of rotatable bonds is 3. The van der Waals surface area contributed by atoms with Crippen molar-refractivity contribution in [2.75, 3.05) is 6.54 Å². The number of nitrogens with zero attached hydrogens (tertiary/aromatic N) is 1. The van der Waals surface area contributed by atoms with Crippen LogP contribution in [0.15, 0.2) is 4.79 Å². The van der Waals surface area contributed by atoms with Crippen molar-refractivity contribution >= 4 is 11.5 Å². The Morgan fingerprint density at radius 3 is 2.69 bits per heavy atom. The van der Waals surface area contributed by atoms with Crippen LogP contribution in [0.3, 0.4) is 0 Å². The first-order chi connectivity index (χ1) is 7.45. The van der Waals surface area contributed by atoms with Crippen LogP contribution in [0.2, 0.25) is 0 Å². The van der Waals surface area contributed by atoms with E-state index in [2.05, 4.69) is 23.2 Å². The van der Waals surface area contributed by atoms with Crippen LogP contribution in [0.5, 0.6) is 0 Å². The number of H-pyrrole nitrogens is 1. The van der Waals surface area contributed by atoms with Crippen LogP contribution in [0, 0.1) is 10.8 Å². The molecule has 5 heteroatoms. The first-order valence-electron chi connectivity index (χ1n) is 5.70. The third kappa shape index (κ3) is 2.35. The van der Waals surface area contributed by atoms with Crippen LogP contribution in [-0.2, 0) is 6.42 Å². The summed E-state index contributed by atoms with van der Waals surface area (Å²) in [5, 5.41) is 0. The SMILES string of the molecule is CC1(C)CCC(CN)(Cc2nsc(=O)[nH]2)C1. The average Bonchev–Trinajstić information content (AvgIpc) is 2.72. The molecule has 0 radical (unpaired) electrons. The smallest absolute Gasteiger partial charge is 0.323 e. The van der Waals surface area contributed by atoms with Crippen LogP contribution in [0.4, 0.5) is 0 Å². The summed E-state index contributed by atoms with van der Waals surface area (Å²) in [4.78, 5) is 13.8. The van der Waals surface area contributed by atoms with Crippen molar-refractivity contribution < 1.29 is 0 Å². The van der Waals surface area contributed by atoms with E-state index in [9.17, 15) is 4.79 Å². The minimum absolute atomic E-state index is 0.0700. The average molecular weight is 241 g/mol. The van der Waals surface area contributed by atoms with Gasteiger partial charge < -0.3 is 5.73 Å². The van der Waals surface area contributed by atoms with Gasteiger partial charge in [0, 0.05) is 18.0 Å². The molecule has 1 aromatic rings. The molecule has 2 rings (SSSR count). The fourth-order valence-electron chi connectivity index (χ4n) is 2.88. The highest BCUT2D eigenvalue weighted by molar-refractivity contribution is 7.02. The van der Waals surface area contributed by atoms with Gasteiger partial charge in [0.2, 0.25) is 0 Å². The number of hydrogen-bond donors (Lipinski definition) is 2. The molecule has 1 unspecified atom stereocenters. The predicted molar refractivity (Wildman–Crippen MR) is 65.6 cm³/mol. The number of nitrogens with one attached hydrogen (secondary N) is 1. The minimum atomic E-state index is -0.0700. The van der Waals surface area contributed by atoms with Gasteiger partial charge in [-0.3, -0.25) is 9.78 Å². The number of aromatic amines is 1. The van der Waals surface area contributed by atoms with Gasteiger partial charge >= 0.3 is 4.87 Å². The molecule has 3 N–H and O–H groups in total. The van der Waals surface area contributed by atoms with E-state index in [4.69, 9.17) is 5.73 Å². The maximum atomic E-state index is 11.1. The van der Waals surface area contributed by atoms with Crippen LogP contribution in [0.25, 0.3) is 0 Å². The molecule has 0 saturated heterocycles. The zero-order chi connectivity index (χ0) is 11.8. The van der Waals surface area contributed by atoms with Crippen molar-refractivity contribution in [2.24, 2.45) is 16.6 Å². The lowest BCUT2D eigenvalue weighted by molar-refractivity contribution is 0.256. The van der Waals surface area contributed by atoms with E-state index in [0.717, 1.165) is 36.6 Å². The minimum Gasteiger partial charge on any atom is -0.330 e. The second kappa shape index (κ2) is 3.96. The van der Waals surface area contributed by atoms with E-state index in [1.165, 1.54) is 6.42 Å². The van der Waals surface area contributed by atoms with E-state index in [-0.39, 0.29) is 10.3 Å². The van der Waals surface area contributed by atoms with Gasteiger partial charge in [-0.05, 0) is 36.6 Å². The topological polar surface area (TPSA) is 71.8 Å². The third-order valence-electron chi connectivity index (χ3n) is 3.65. The maximum absolute atomic E-state index is 11.1. The Labute approximate surface area is 99.4 Å². The van der Waals surface area contributed by atoms with Crippen LogP contribution in [-0.4, -0.2) is 15.9 Å². The van der Waals surface area contributed by atoms with Crippen molar-refractivity contribution in [3.63, 3.8) is 0 Å². The molecular weight excluding hydrogens is 222 g/mol. The normalized spacial score (nSPS) is 28.4. The Bertz CT molecular complexity index is 423. The zero-order valence-corrected chi connectivity index (χ0v) is 10.7. The van der Waals surface area contributed by atoms with Crippen molar-refractivity contribution in [1.29, 1.82) is 0 Å². The molecule has 0 aromatic carbocycles. The fraction of sp³-hybridized carbons (Fsp3) is 0.818. The Morgan fingerprint density at radius 2 is 2.25 bits per heavy atom. The Balaban J connectivity index is 2.15. The summed E-state index contributed by atoms with van der Waals surface area (Å²) >= 11 is 0.995. The number of nitrogens with two attached hydrogens (primary N) is 1. The Hall–Kier alpha value is -0.680. The lowest BCUT2D eigenvalue weighted by Gasteiger charge is -2.28. The highest BCUT2D eigenvalue weighted by atomic mass is 32.1. The second-order valence-corrected chi connectivity index (χ2v) is 6.50. The third-order valence-corrected chi connectivity index (χ3v) is 4.23.